The second kappa shape index (κ2) is 15.2. The summed E-state index contributed by atoms with van der Waals surface area (Å²) in [5, 5.41) is 6.68. The maximum Gasteiger partial charge on any atom is 0.191 e. The topological polar surface area (TPSA) is 71.3 Å². The minimum absolute atomic E-state index is 0. The van der Waals surface area contributed by atoms with Crippen LogP contribution in [0.15, 0.2) is 27.8 Å². The van der Waals surface area contributed by atoms with Crippen LogP contribution in [0.25, 0.3) is 0 Å². The number of morpholine rings is 1. The largest absolute Gasteiger partial charge is 0.467 e. The van der Waals surface area contributed by atoms with Crippen LogP contribution in [0.5, 0.6) is 0 Å². The van der Waals surface area contributed by atoms with E-state index in [2.05, 4.69) is 27.4 Å². The number of aliphatic imine (C=N–C) groups is 1. The monoisotopic (exact) mass is 480 g/mol. The van der Waals surface area contributed by atoms with Gasteiger partial charge in [0.15, 0.2) is 5.96 Å². The molecule has 2 N–H and O–H groups in total. The van der Waals surface area contributed by atoms with Gasteiger partial charge in [-0.15, -0.1) is 24.0 Å². The molecule has 2 rings (SSSR count). The molecule has 1 saturated heterocycles. The van der Waals surface area contributed by atoms with Gasteiger partial charge < -0.3 is 24.5 Å². The molecule has 1 aliphatic rings. The van der Waals surface area contributed by atoms with Crippen LogP contribution >= 0.6 is 24.0 Å². The number of ether oxygens (including phenoxy) is 2. The van der Waals surface area contributed by atoms with Crippen molar-refractivity contribution in [2.24, 2.45) is 4.99 Å². The first-order valence-corrected chi connectivity index (χ1v) is 9.31. The highest BCUT2D eigenvalue weighted by molar-refractivity contribution is 14.0. The van der Waals surface area contributed by atoms with Crippen LogP contribution in [-0.2, 0) is 16.1 Å². The van der Waals surface area contributed by atoms with Crippen molar-refractivity contribution in [2.45, 2.75) is 26.4 Å². The van der Waals surface area contributed by atoms with Crippen molar-refractivity contribution in [1.29, 1.82) is 0 Å². The lowest BCUT2D eigenvalue weighted by Crippen LogP contribution is -2.40. The summed E-state index contributed by atoms with van der Waals surface area (Å²) in [4.78, 5) is 7.04. The second-order valence-corrected chi connectivity index (χ2v) is 5.98. The Morgan fingerprint density at radius 3 is 2.85 bits per heavy atom. The highest BCUT2D eigenvalue weighted by Gasteiger charge is 2.09. The summed E-state index contributed by atoms with van der Waals surface area (Å²) in [7, 11) is 0. The van der Waals surface area contributed by atoms with Crippen molar-refractivity contribution < 1.29 is 13.9 Å². The second-order valence-electron chi connectivity index (χ2n) is 5.98. The number of halogens is 1. The Morgan fingerprint density at radius 2 is 2.12 bits per heavy atom. The van der Waals surface area contributed by atoms with Gasteiger partial charge in [0.1, 0.15) is 12.4 Å². The van der Waals surface area contributed by atoms with E-state index >= 15 is 0 Å². The van der Waals surface area contributed by atoms with Crippen molar-refractivity contribution in [3.63, 3.8) is 0 Å². The molecule has 1 aliphatic heterocycles. The molecule has 1 aromatic heterocycles. The normalized spacial score (nSPS) is 15.5. The van der Waals surface area contributed by atoms with Gasteiger partial charge in [-0.2, -0.15) is 0 Å². The predicted molar refractivity (Wildman–Crippen MR) is 114 cm³/mol. The summed E-state index contributed by atoms with van der Waals surface area (Å²) in [6.07, 6.45) is 3.66. The molecule has 0 spiro atoms. The van der Waals surface area contributed by atoms with Gasteiger partial charge in [-0.3, -0.25) is 9.89 Å². The molecular formula is C18H33IN4O3. The van der Waals surface area contributed by atoms with Crippen LogP contribution in [0, 0.1) is 0 Å². The molecule has 0 amide bonds. The number of nitrogens with zero attached hydrogens (tertiary/aromatic N) is 2. The number of nitrogens with one attached hydrogen (secondary N) is 2. The van der Waals surface area contributed by atoms with Gasteiger partial charge in [0.05, 0.1) is 19.5 Å². The SMILES string of the molecule is CCNC(=NCCCOCc1ccco1)NCCCN1CCOCC1.I. The zero-order valence-corrected chi connectivity index (χ0v) is 18.1. The first-order chi connectivity index (χ1) is 12.4. The highest BCUT2D eigenvalue weighted by atomic mass is 127. The highest BCUT2D eigenvalue weighted by Crippen LogP contribution is 2.02. The minimum atomic E-state index is 0. The minimum Gasteiger partial charge on any atom is -0.467 e. The summed E-state index contributed by atoms with van der Waals surface area (Å²) in [5.74, 6) is 1.74. The maximum absolute atomic E-state index is 5.57. The molecule has 0 bridgehead atoms. The van der Waals surface area contributed by atoms with Crippen molar-refractivity contribution in [3.05, 3.63) is 24.2 Å². The Morgan fingerprint density at radius 1 is 1.27 bits per heavy atom. The van der Waals surface area contributed by atoms with E-state index in [-0.39, 0.29) is 24.0 Å². The van der Waals surface area contributed by atoms with Crippen molar-refractivity contribution in [3.8, 4) is 0 Å². The van der Waals surface area contributed by atoms with Gasteiger partial charge in [0, 0.05) is 39.3 Å². The lowest BCUT2D eigenvalue weighted by Gasteiger charge is -2.26. The van der Waals surface area contributed by atoms with Crippen LogP contribution in [-0.4, -0.2) is 69.9 Å². The summed E-state index contributed by atoms with van der Waals surface area (Å²) in [6, 6.07) is 3.79. The number of furan rings is 1. The number of guanidine groups is 1. The zero-order chi connectivity index (χ0) is 17.6. The standard InChI is InChI=1S/C18H32N4O3.HI/c1-2-19-18(20-7-4-9-22-10-14-23-15-11-22)21-8-5-12-24-16-17-6-3-13-25-17;/h3,6,13H,2,4-5,7-12,14-16H2,1H3,(H2,19,20,21);1H. The molecule has 1 aromatic rings. The molecule has 0 aliphatic carbocycles. The first-order valence-electron chi connectivity index (χ1n) is 9.31. The van der Waals surface area contributed by atoms with Crippen molar-refractivity contribution in [1.82, 2.24) is 15.5 Å². The molecule has 1 fully saturated rings. The molecule has 0 saturated carbocycles. The summed E-state index contributed by atoms with van der Waals surface area (Å²) in [5.41, 5.74) is 0. The third-order valence-corrected chi connectivity index (χ3v) is 3.93. The fraction of sp³-hybridized carbons (Fsp3) is 0.722. The molecule has 0 atom stereocenters. The quantitative estimate of drug-likeness (QED) is 0.219. The molecule has 0 radical (unpaired) electrons. The number of hydrogen-bond donors (Lipinski definition) is 2. The maximum atomic E-state index is 5.57. The van der Waals surface area contributed by atoms with Gasteiger partial charge in [-0.1, -0.05) is 0 Å². The van der Waals surface area contributed by atoms with Crippen LogP contribution in [0.4, 0.5) is 0 Å². The van der Waals surface area contributed by atoms with E-state index < -0.39 is 0 Å². The van der Waals surface area contributed by atoms with E-state index in [0.717, 1.165) is 77.0 Å². The van der Waals surface area contributed by atoms with Crippen LogP contribution in [0.1, 0.15) is 25.5 Å². The summed E-state index contributed by atoms with van der Waals surface area (Å²) < 4.78 is 16.2. The van der Waals surface area contributed by atoms with Gasteiger partial charge in [-0.05, 0) is 38.4 Å². The Balaban J connectivity index is 0.00000338. The van der Waals surface area contributed by atoms with Gasteiger partial charge in [-0.25, -0.2) is 0 Å². The predicted octanol–water partition coefficient (Wildman–Crippen LogP) is 2.08. The van der Waals surface area contributed by atoms with E-state index in [1.54, 1.807) is 6.26 Å². The number of rotatable bonds is 11. The fourth-order valence-electron chi connectivity index (χ4n) is 2.60. The molecular weight excluding hydrogens is 447 g/mol. The van der Waals surface area contributed by atoms with E-state index in [1.807, 2.05) is 12.1 Å². The lowest BCUT2D eigenvalue weighted by atomic mass is 10.3. The lowest BCUT2D eigenvalue weighted by molar-refractivity contribution is 0.0376. The fourth-order valence-corrected chi connectivity index (χ4v) is 2.60. The Labute approximate surface area is 173 Å². The molecule has 26 heavy (non-hydrogen) atoms. The Bertz CT molecular complexity index is 465. The average Bonchev–Trinajstić information content (AvgIpc) is 3.16. The molecule has 7 nitrogen and oxygen atoms in total. The van der Waals surface area contributed by atoms with Crippen molar-refractivity contribution >= 4 is 29.9 Å². The van der Waals surface area contributed by atoms with Gasteiger partial charge >= 0.3 is 0 Å². The summed E-state index contributed by atoms with van der Waals surface area (Å²) in [6.45, 7) is 10.8. The molecule has 0 aromatic carbocycles. The van der Waals surface area contributed by atoms with E-state index in [1.165, 1.54) is 0 Å². The van der Waals surface area contributed by atoms with Crippen LogP contribution in [0.3, 0.4) is 0 Å². The van der Waals surface area contributed by atoms with E-state index in [9.17, 15) is 0 Å². The van der Waals surface area contributed by atoms with Gasteiger partial charge in [0.25, 0.3) is 0 Å². The molecule has 150 valence electrons. The molecule has 8 heteroatoms. The van der Waals surface area contributed by atoms with E-state index in [4.69, 9.17) is 13.9 Å². The number of hydrogen-bond acceptors (Lipinski definition) is 5. The summed E-state index contributed by atoms with van der Waals surface area (Å²) >= 11 is 0. The van der Waals surface area contributed by atoms with Crippen LogP contribution < -0.4 is 10.6 Å². The Hall–Kier alpha value is -0.840. The zero-order valence-electron chi connectivity index (χ0n) is 15.7. The third-order valence-electron chi connectivity index (χ3n) is 3.93. The van der Waals surface area contributed by atoms with Crippen molar-refractivity contribution in [2.75, 3.05) is 59.1 Å². The van der Waals surface area contributed by atoms with Gasteiger partial charge in [0.2, 0.25) is 0 Å². The Kier molecular flexibility index (Phi) is 13.6. The smallest absolute Gasteiger partial charge is 0.191 e. The molecule has 0 unspecified atom stereocenters. The molecule has 2 heterocycles. The first kappa shape index (κ1) is 23.2. The van der Waals surface area contributed by atoms with E-state index in [0.29, 0.717) is 13.2 Å². The van der Waals surface area contributed by atoms with Crippen LogP contribution in [0.2, 0.25) is 0 Å². The average molecular weight is 480 g/mol. The third kappa shape index (κ3) is 10.3.